The van der Waals surface area contributed by atoms with E-state index >= 15 is 0 Å². The Labute approximate surface area is 198 Å². The van der Waals surface area contributed by atoms with Crippen molar-refractivity contribution in [2.45, 2.75) is 52.7 Å². The molecule has 1 aromatic heterocycles. The van der Waals surface area contributed by atoms with Crippen LogP contribution in [0.15, 0.2) is 35.6 Å². The standard InChI is InChI=1S/C25H31N3O4S/c1-15(2)32-19-9-7-18(8-10-19)21-20(22(29)24-16(3)26-17(4)33-24)23(30)25(31)28(21)14-13-27-11-5-6-12-27/h7-10,15,21,30H,5-6,11-14H2,1-4H3. The molecule has 4 rings (SSSR count). The van der Waals surface area contributed by atoms with Crippen LogP contribution >= 0.6 is 11.3 Å². The number of aryl methyl sites for hydroxylation is 2. The molecule has 176 valence electrons. The normalized spacial score (nSPS) is 19.2. The fraction of sp³-hybridized carbons (Fsp3) is 0.480. The molecule has 1 aromatic carbocycles. The number of ketones is 1. The minimum atomic E-state index is -0.650. The van der Waals surface area contributed by atoms with Gasteiger partial charge in [-0.15, -0.1) is 11.3 Å². The predicted octanol–water partition coefficient (Wildman–Crippen LogP) is 4.22. The lowest BCUT2D eigenvalue weighted by molar-refractivity contribution is -0.129. The summed E-state index contributed by atoms with van der Waals surface area (Å²) in [4.78, 5) is 35.5. The Bertz CT molecular complexity index is 1070. The lowest BCUT2D eigenvalue weighted by Gasteiger charge is -2.28. The molecule has 3 heterocycles. The average molecular weight is 470 g/mol. The summed E-state index contributed by atoms with van der Waals surface area (Å²) in [6, 6.07) is 6.78. The number of nitrogens with zero attached hydrogens (tertiary/aromatic N) is 3. The first-order chi connectivity index (χ1) is 15.8. The van der Waals surface area contributed by atoms with Crippen LogP contribution in [0.5, 0.6) is 5.75 Å². The van der Waals surface area contributed by atoms with Gasteiger partial charge in [-0.2, -0.15) is 0 Å². The molecule has 1 unspecified atom stereocenters. The van der Waals surface area contributed by atoms with Gasteiger partial charge in [-0.3, -0.25) is 9.59 Å². The van der Waals surface area contributed by atoms with Gasteiger partial charge in [0.25, 0.3) is 5.91 Å². The number of hydrogen-bond acceptors (Lipinski definition) is 7. The van der Waals surface area contributed by atoms with Gasteiger partial charge >= 0.3 is 0 Å². The summed E-state index contributed by atoms with van der Waals surface area (Å²) in [7, 11) is 0. The number of benzene rings is 1. The van der Waals surface area contributed by atoms with Crippen LogP contribution in [0.25, 0.3) is 0 Å². The number of likely N-dealkylation sites (tertiary alicyclic amines) is 1. The van der Waals surface area contributed by atoms with E-state index in [4.69, 9.17) is 4.74 Å². The number of aliphatic hydroxyl groups excluding tert-OH is 1. The molecular weight excluding hydrogens is 438 g/mol. The van der Waals surface area contributed by atoms with Crippen LogP contribution in [-0.2, 0) is 4.79 Å². The van der Waals surface area contributed by atoms with E-state index < -0.39 is 17.7 Å². The van der Waals surface area contributed by atoms with Crippen molar-refractivity contribution in [3.05, 3.63) is 56.7 Å². The highest BCUT2D eigenvalue weighted by Gasteiger charge is 2.44. The summed E-state index contributed by atoms with van der Waals surface area (Å²) < 4.78 is 5.76. The third-order valence-corrected chi connectivity index (χ3v) is 7.15. The summed E-state index contributed by atoms with van der Waals surface area (Å²) in [5.41, 5.74) is 1.52. The van der Waals surface area contributed by atoms with Crippen molar-refractivity contribution in [2.75, 3.05) is 26.2 Å². The zero-order chi connectivity index (χ0) is 23.7. The molecule has 1 atom stereocenters. The zero-order valence-corrected chi connectivity index (χ0v) is 20.4. The van der Waals surface area contributed by atoms with E-state index in [0.717, 1.165) is 42.3 Å². The van der Waals surface area contributed by atoms with Crippen molar-refractivity contribution in [2.24, 2.45) is 0 Å². The van der Waals surface area contributed by atoms with Gasteiger partial charge in [0, 0.05) is 13.1 Å². The lowest BCUT2D eigenvalue weighted by atomic mass is 9.95. The van der Waals surface area contributed by atoms with Crippen LogP contribution in [0, 0.1) is 13.8 Å². The number of thiazole rings is 1. The third kappa shape index (κ3) is 4.82. The van der Waals surface area contributed by atoms with Crippen molar-refractivity contribution in [1.82, 2.24) is 14.8 Å². The molecule has 7 nitrogen and oxygen atoms in total. The first-order valence-electron chi connectivity index (χ1n) is 11.5. The van der Waals surface area contributed by atoms with Crippen LogP contribution in [0.1, 0.15) is 58.7 Å². The van der Waals surface area contributed by atoms with E-state index in [1.807, 2.05) is 45.0 Å². The average Bonchev–Trinajstić information content (AvgIpc) is 3.46. The van der Waals surface area contributed by atoms with Crippen LogP contribution < -0.4 is 4.74 Å². The maximum absolute atomic E-state index is 13.6. The molecule has 2 aliphatic rings. The van der Waals surface area contributed by atoms with Crippen LogP contribution in [0.3, 0.4) is 0 Å². The minimum absolute atomic E-state index is 0.0412. The van der Waals surface area contributed by atoms with E-state index in [1.54, 1.807) is 11.8 Å². The number of hydrogen-bond donors (Lipinski definition) is 1. The second-order valence-corrected chi connectivity index (χ2v) is 10.1. The number of carbonyl (C=O) groups is 2. The molecular formula is C25H31N3O4S. The molecule has 8 heteroatoms. The fourth-order valence-electron chi connectivity index (χ4n) is 4.58. The quantitative estimate of drug-likeness (QED) is 0.583. The number of Topliss-reactive ketones (excluding diaryl/α,β-unsaturated/α-hetero) is 1. The van der Waals surface area contributed by atoms with Crippen molar-refractivity contribution in [1.29, 1.82) is 0 Å². The number of rotatable bonds is 8. The third-order valence-electron chi connectivity index (χ3n) is 6.08. The lowest BCUT2D eigenvalue weighted by Crippen LogP contribution is -2.37. The molecule has 1 fully saturated rings. The first kappa shape index (κ1) is 23.4. The van der Waals surface area contributed by atoms with Crippen molar-refractivity contribution in [3.63, 3.8) is 0 Å². The Morgan fingerprint density at radius 1 is 1.18 bits per heavy atom. The number of amides is 1. The van der Waals surface area contributed by atoms with Gasteiger partial charge < -0.3 is 19.6 Å². The highest BCUT2D eigenvalue weighted by molar-refractivity contribution is 7.14. The number of aliphatic hydroxyl groups is 1. The van der Waals surface area contributed by atoms with E-state index in [-0.39, 0.29) is 17.5 Å². The second-order valence-electron chi connectivity index (χ2n) is 8.92. The Kier molecular flexibility index (Phi) is 6.86. The molecule has 1 saturated heterocycles. The van der Waals surface area contributed by atoms with Crippen LogP contribution in [0.4, 0.5) is 0 Å². The summed E-state index contributed by atoms with van der Waals surface area (Å²) in [6.07, 6.45) is 2.36. The summed E-state index contributed by atoms with van der Waals surface area (Å²) >= 11 is 1.29. The molecule has 0 radical (unpaired) electrons. The van der Waals surface area contributed by atoms with Crippen molar-refractivity contribution in [3.8, 4) is 5.75 Å². The van der Waals surface area contributed by atoms with Gasteiger partial charge in [0.15, 0.2) is 5.76 Å². The molecule has 33 heavy (non-hydrogen) atoms. The molecule has 2 aliphatic heterocycles. The number of aromatic nitrogens is 1. The largest absolute Gasteiger partial charge is 0.503 e. The van der Waals surface area contributed by atoms with Gasteiger partial charge in [-0.1, -0.05) is 12.1 Å². The highest BCUT2D eigenvalue weighted by atomic mass is 32.1. The molecule has 0 bridgehead atoms. The molecule has 0 aliphatic carbocycles. The Morgan fingerprint density at radius 3 is 2.42 bits per heavy atom. The maximum atomic E-state index is 13.6. The number of ether oxygens (including phenoxy) is 1. The van der Waals surface area contributed by atoms with Crippen LogP contribution in [-0.4, -0.2) is 63.9 Å². The van der Waals surface area contributed by atoms with Gasteiger partial charge in [0.05, 0.1) is 33.3 Å². The second kappa shape index (κ2) is 9.65. The maximum Gasteiger partial charge on any atom is 0.290 e. The Balaban J connectivity index is 1.69. The molecule has 1 N–H and O–H groups in total. The van der Waals surface area contributed by atoms with E-state index in [2.05, 4.69) is 9.88 Å². The fourth-order valence-corrected chi connectivity index (χ4v) is 5.46. The predicted molar refractivity (Wildman–Crippen MR) is 128 cm³/mol. The smallest absolute Gasteiger partial charge is 0.290 e. The van der Waals surface area contributed by atoms with Gasteiger partial charge in [0.2, 0.25) is 5.78 Å². The first-order valence-corrected chi connectivity index (χ1v) is 12.3. The van der Waals surface area contributed by atoms with E-state index in [1.165, 1.54) is 11.3 Å². The van der Waals surface area contributed by atoms with E-state index in [9.17, 15) is 14.7 Å². The molecule has 1 amide bonds. The topological polar surface area (TPSA) is 83.0 Å². The van der Waals surface area contributed by atoms with Gasteiger partial charge in [0.1, 0.15) is 5.75 Å². The summed E-state index contributed by atoms with van der Waals surface area (Å²) in [5, 5.41) is 11.6. The summed E-state index contributed by atoms with van der Waals surface area (Å²) in [5.74, 6) is -0.569. The van der Waals surface area contributed by atoms with E-state index in [0.29, 0.717) is 23.7 Å². The molecule has 0 spiro atoms. The Hall–Kier alpha value is -2.71. The van der Waals surface area contributed by atoms with Gasteiger partial charge in [-0.25, -0.2) is 4.98 Å². The highest BCUT2D eigenvalue weighted by Crippen LogP contribution is 2.40. The van der Waals surface area contributed by atoms with Crippen molar-refractivity contribution >= 4 is 23.0 Å². The molecule has 0 saturated carbocycles. The van der Waals surface area contributed by atoms with Crippen LogP contribution in [0.2, 0.25) is 0 Å². The van der Waals surface area contributed by atoms with Crippen molar-refractivity contribution < 1.29 is 19.4 Å². The van der Waals surface area contributed by atoms with Gasteiger partial charge in [-0.05, 0) is 71.3 Å². The number of carbonyl (C=O) groups excluding carboxylic acids is 2. The summed E-state index contributed by atoms with van der Waals surface area (Å²) in [6.45, 7) is 10.7. The Morgan fingerprint density at radius 2 is 1.85 bits per heavy atom. The SMILES string of the molecule is Cc1nc(C)c(C(=O)C2=C(O)C(=O)N(CCN3CCCC3)C2c2ccc(OC(C)C)cc2)s1. The monoisotopic (exact) mass is 469 g/mol. The minimum Gasteiger partial charge on any atom is -0.503 e. The zero-order valence-electron chi connectivity index (χ0n) is 19.6. The molecule has 2 aromatic rings.